The minimum absolute atomic E-state index is 0.603. The van der Waals surface area contributed by atoms with Crippen LogP contribution in [0.2, 0.25) is 0 Å². The average Bonchev–Trinajstić information content (AvgIpc) is 2.91. The summed E-state index contributed by atoms with van der Waals surface area (Å²) in [6.07, 6.45) is 17.9. The van der Waals surface area contributed by atoms with E-state index in [2.05, 4.69) is 16.9 Å². The lowest BCUT2D eigenvalue weighted by Gasteiger charge is -2.11. The van der Waals surface area contributed by atoms with Gasteiger partial charge in [0.2, 0.25) is 0 Å². The van der Waals surface area contributed by atoms with E-state index in [1.807, 2.05) is 48.5 Å². The second kappa shape index (κ2) is 16.8. The van der Waals surface area contributed by atoms with E-state index in [1.165, 1.54) is 57.8 Å². The summed E-state index contributed by atoms with van der Waals surface area (Å²) in [4.78, 5) is 13.7. The Labute approximate surface area is 211 Å². The van der Waals surface area contributed by atoms with E-state index >= 15 is 0 Å². The summed E-state index contributed by atoms with van der Waals surface area (Å²) in [5, 5.41) is 0. The van der Waals surface area contributed by atoms with Crippen molar-refractivity contribution in [2.75, 3.05) is 19.8 Å². The molecule has 0 unspecified atom stereocenters. The van der Waals surface area contributed by atoms with Gasteiger partial charge >= 0.3 is 0 Å². The number of hydrogen-bond donors (Lipinski definition) is 0. The van der Waals surface area contributed by atoms with E-state index in [1.54, 1.807) is 12.4 Å². The van der Waals surface area contributed by atoms with Gasteiger partial charge < -0.3 is 9.47 Å². The summed E-state index contributed by atoms with van der Waals surface area (Å²) in [5.74, 6) is 0.774. The van der Waals surface area contributed by atoms with Crippen LogP contribution < -0.4 is 4.74 Å². The van der Waals surface area contributed by atoms with Gasteiger partial charge in [0.05, 0.1) is 29.4 Å². The normalized spacial score (nSPS) is 11.0. The third-order valence-electron chi connectivity index (χ3n) is 6.00. The van der Waals surface area contributed by atoms with Gasteiger partial charge in [-0.05, 0) is 30.7 Å². The molecular weight excluding hydrogens is 434 g/mol. The smallest absolute Gasteiger partial charge is 0.123 e. The topological polar surface area (TPSA) is 57.1 Å². The number of pyridine rings is 3. The highest BCUT2D eigenvalue weighted by molar-refractivity contribution is 5.64. The number of ether oxygens (including phenoxy) is 2. The highest BCUT2D eigenvalue weighted by Gasteiger charge is 2.09. The van der Waals surface area contributed by atoms with E-state index in [4.69, 9.17) is 14.5 Å². The molecule has 0 amide bonds. The third kappa shape index (κ3) is 10.6. The summed E-state index contributed by atoms with van der Waals surface area (Å²) in [5.41, 5.74) is 3.19. The van der Waals surface area contributed by atoms with E-state index in [0.717, 1.165) is 54.6 Å². The zero-order valence-corrected chi connectivity index (χ0v) is 21.3. The molecule has 0 aliphatic heterocycles. The van der Waals surface area contributed by atoms with E-state index in [-0.39, 0.29) is 0 Å². The van der Waals surface area contributed by atoms with Crippen LogP contribution in [-0.4, -0.2) is 34.8 Å². The van der Waals surface area contributed by atoms with Gasteiger partial charge in [-0.2, -0.15) is 0 Å². The maximum absolute atomic E-state index is 6.06. The molecule has 3 aromatic rings. The van der Waals surface area contributed by atoms with E-state index in [9.17, 15) is 0 Å². The Bertz CT molecular complexity index is 877. The molecule has 0 saturated heterocycles. The van der Waals surface area contributed by atoms with Crippen LogP contribution in [0.3, 0.4) is 0 Å². The lowest BCUT2D eigenvalue weighted by molar-refractivity contribution is 0.115. The molecule has 35 heavy (non-hydrogen) atoms. The third-order valence-corrected chi connectivity index (χ3v) is 6.00. The fourth-order valence-electron chi connectivity index (χ4n) is 4.02. The molecule has 0 aliphatic carbocycles. The number of rotatable bonds is 18. The van der Waals surface area contributed by atoms with Crippen LogP contribution in [0, 0.1) is 0 Å². The Morgan fingerprint density at radius 2 is 1.11 bits per heavy atom. The van der Waals surface area contributed by atoms with Crippen molar-refractivity contribution in [3.8, 4) is 28.5 Å². The van der Waals surface area contributed by atoms with Crippen LogP contribution in [0.4, 0.5) is 0 Å². The maximum atomic E-state index is 6.06. The summed E-state index contributed by atoms with van der Waals surface area (Å²) >= 11 is 0. The molecule has 3 rings (SSSR count). The molecule has 0 atom stereocenters. The molecule has 0 radical (unpaired) electrons. The number of hydrogen-bond acceptors (Lipinski definition) is 5. The van der Waals surface area contributed by atoms with Crippen molar-refractivity contribution in [1.82, 2.24) is 15.0 Å². The lowest BCUT2D eigenvalue weighted by atomic mass is 10.1. The zero-order chi connectivity index (χ0) is 24.4. The van der Waals surface area contributed by atoms with Crippen LogP contribution in [0.5, 0.6) is 5.75 Å². The first-order chi connectivity index (χ1) is 17.4. The number of aromatic nitrogens is 3. The van der Waals surface area contributed by atoms with Crippen LogP contribution in [-0.2, 0) is 4.74 Å². The van der Waals surface area contributed by atoms with Gasteiger partial charge in [0.1, 0.15) is 5.75 Å². The van der Waals surface area contributed by atoms with Gasteiger partial charge in [0.15, 0.2) is 0 Å². The van der Waals surface area contributed by atoms with Crippen LogP contribution in [0.15, 0.2) is 60.9 Å². The summed E-state index contributed by atoms with van der Waals surface area (Å²) in [6, 6.07) is 15.5. The predicted molar refractivity (Wildman–Crippen MR) is 143 cm³/mol. The molecule has 0 aromatic carbocycles. The molecule has 0 N–H and O–H groups in total. The molecule has 3 aromatic heterocycles. The van der Waals surface area contributed by atoms with Gasteiger partial charge in [-0.15, -0.1) is 0 Å². The van der Waals surface area contributed by atoms with E-state index < -0.39 is 0 Å². The van der Waals surface area contributed by atoms with E-state index in [0.29, 0.717) is 6.61 Å². The summed E-state index contributed by atoms with van der Waals surface area (Å²) in [7, 11) is 0. The fraction of sp³-hybridized carbons (Fsp3) is 0.500. The van der Waals surface area contributed by atoms with Crippen LogP contribution in [0.25, 0.3) is 22.8 Å². The Morgan fingerprint density at radius 3 is 1.66 bits per heavy atom. The van der Waals surface area contributed by atoms with Crippen molar-refractivity contribution in [2.45, 2.75) is 77.6 Å². The Morgan fingerprint density at radius 1 is 0.571 bits per heavy atom. The number of nitrogens with zero attached hydrogens (tertiary/aromatic N) is 3. The first kappa shape index (κ1) is 26.8. The van der Waals surface area contributed by atoms with Crippen molar-refractivity contribution >= 4 is 0 Å². The largest absolute Gasteiger partial charge is 0.493 e. The monoisotopic (exact) mass is 475 g/mol. The Hall–Kier alpha value is -2.79. The highest BCUT2D eigenvalue weighted by Crippen LogP contribution is 2.26. The zero-order valence-electron chi connectivity index (χ0n) is 21.3. The molecule has 188 valence electrons. The highest BCUT2D eigenvalue weighted by atomic mass is 16.5. The minimum atomic E-state index is 0.603. The Kier molecular flexibility index (Phi) is 12.8. The molecule has 0 aliphatic rings. The molecule has 0 saturated carbocycles. The summed E-state index contributed by atoms with van der Waals surface area (Å²) in [6.45, 7) is 4.45. The van der Waals surface area contributed by atoms with Crippen molar-refractivity contribution in [1.29, 1.82) is 0 Å². The second-order valence-corrected chi connectivity index (χ2v) is 9.00. The first-order valence-corrected chi connectivity index (χ1v) is 13.4. The SMILES string of the molecule is CCCCCCCCCCCCOCCCOc1cc(-c2ccccn2)nc(-c2ccccn2)c1. The molecule has 5 nitrogen and oxygen atoms in total. The fourth-order valence-corrected chi connectivity index (χ4v) is 4.02. The first-order valence-electron chi connectivity index (χ1n) is 13.4. The van der Waals surface area contributed by atoms with Crippen molar-refractivity contribution in [2.24, 2.45) is 0 Å². The van der Waals surface area contributed by atoms with Gasteiger partial charge in [0, 0.05) is 44.2 Å². The molecule has 0 spiro atoms. The van der Waals surface area contributed by atoms with Gasteiger partial charge in [-0.3, -0.25) is 9.97 Å². The molecule has 0 bridgehead atoms. The second-order valence-electron chi connectivity index (χ2n) is 9.00. The van der Waals surface area contributed by atoms with Crippen LogP contribution >= 0.6 is 0 Å². The average molecular weight is 476 g/mol. The standard InChI is InChI=1S/C30H41N3O2/c1-2-3-4-5-6-7-8-9-10-15-21-34-22-16-23-35-26-24-29(27-17-11-13-19-31-27)33-30(25-26)28-18-12-14-20-32-28/h11-14,17-20,24-25H,2-10,15-16,21-23H2,1H3. The van der Waals surface area contributed by atoms with Gasteiger partial charge in [0.25, 0.3) is 0 Å². The maximum Gasteiger partial charge on any atom is 0.123 e. The van der Waals surface area contributed by atoms with Crippen molar-refractivity contribution in [3.05, 3.63) is 60.9 Å². The van der Waals surface area contributed by atoms with Gasteiger partial charge in [-0.1, -0.05) is 76.8 Å². The quantitative estimate of drug-likeness (QED) is 0.175. The lowest BCUT2D eigenvalue weighted by Crippen LogP contribution is -2.05. The molecule has 3 heterocycles. The molecular formula is C30H41N3O2. The summed E-state index contributed by atoms with van der Waals surface area (Å²) < 4.78 is 11.9. The van der Waals surface area contributed by atoms with Crippen molar-refractivity contribution < 1.29 is 9.47 Å². The molecule has 0 fully saturated rings. The van der Waals surface area contributed by atoms with Crippen LogP contribution in [0.1, 0.15) is 77.6 Å². The van der Waals surface area contributed by atoms with Gasteiger partial charge in [-0.25, -0.2) is 4.98 Å². The Balaban J connectivity index is 1.34. The molecule has 5 heteroatoms. The number of unbranched alkanes of at least 4 members (excludes halogenated alkanes) is 9. The minimum Gasteiger partial charge on any atom is -0.493 e. The predicted octanol–water partition coefficient (Wildman–Crippen LogP) is 7.91. The van der Waals surface area contributed by atoms with Crippen molar-refractivity contribution in [3.63, 3.8) is 0 Å².